The van der Waals surface area contributed by atoms with Crippen LogP contribution in [0, 0.1) is 5.92 Å². The molecule has 0 aromatic carbocycles. The Morgan fingerprint density at radius 1 is 1.00 bits per heavy atom. The van der Waals surface area contributed by atoms with E-state index in [2.05, 4.69) is 15.0 Å². The number of aryl methyl sites for hydroxylation is 1. The normalized spacial score (nSPS) is 21.1. The molecule has 5 rings (SSSR count). The minimum absolute atomic E-state index is 0.0210. The largest absolute Gasteiger partial charge is 0.353 e. The number of carbonyl (C=O) groups is 2. The van der Waals surface area contributed by atoms with Crippen LogP contribution in [0.3, 0.4) is 0 Å². The van der Waals surface area contributed by atoms with E-state index in [0.29, 0.717) is 24.6 Å². The van der Waals surface area contributed by atoms with E-state index in [1.54, 1.807) is 0 Å². The Bertz CT molecular complexity index is 968. The van der Waals surface area contributed by atoms with Crippen molar-refractivity contribution in [1.82, 2.24) is 19.9 Å². The first kappa shape index (κ1) is 21.9. The fourth-order valence-corrected chi connectivity index (χ4v) is 5.40. The van der Waals surface area contributed by atoms with Crippen LogP contribution in [0.15, 0.2) is 28.9 Å². The summed E-state index contributed by atoms with van der Waals surface area (Å²) in [6, 6.07) is 5.93. The molecular weight excluding hydrogens is 418 g/mol. The number of amides is 2. The fraction of sp³-hybridized carbons (Fsp3) is 0.600. The van der Waals surface area contributed by atoms with Crippen LogP contribution in [0.4, 0.5) is 5.82 Å². The van der Waals surface area contributed by atoms with Crippen LogP contribution in [0.2, 0.25) is 0 Å². The average Bonchev–Trinajstić information content (AvgIpc) is 3.32. The standard InChI is InChI=1S/C25H33N5O3/c31-23(29-16-14-28(15-17-29)22-9-3-4-12-26-22)11-10-19-6-5-13-30(18-19)25(32)24-20-7-1-2-8-21(20)27-33-24/h3-4,9,12,19H,1-2,5-8,10-11,13-18H2/t19-/m1/s1. The molecule has 1 atom stereocenters. The molecule has 176 valence electrons. The van der Waals surface area contributed by atoms with Crippen molar-refractivity contribution in [3.63, 3.8) is 0 Å². The number of pyridine rings is 1. The van der Waals surface area contributed by atoms with Gasteiger partial charge in [-0.2, -0.15) is 0 Å². The zero-order valence-electron chi connectivity index (χ0n) is 19.2. The molecule has 1 aliphatic carbocycles. The lowest BCUT2D eigenvalue weighted by Crippen LogP contribution is -2.49. The third-order valence-electron chi connectivity index (χ3n) is 7.33. The molecule has 0 bridgehead atoms. The number of piperazine rings is 1. The molecule has 0 N–H and O–H groups in total. The van der Waals surface area contributed by atoms with Crippen LogP contribution in [-0.2, 0) is 17.6 Å². The Labute approximate surface area is 194 Å². The van der Waals surface area contributed by atoms with Gasteiger partial charge in [-0.1, -0.05) is 11.2 Å². The van der Waals surface area contributed by atoms with E-state index in [9.17, 15) is 9.59 Å². The molecule has 4 heterocycles. The first-order valence-electron chi connectivity index (χ1n) is 12.4. The van der Waals surface area contributed by atoms with Crippen molar-refractivity contribution in [3.8, 4) is 0 Å². The molecule has 2 saturated heterocycles. The highest BCUT2D eigenvalue weighted by atomic mass is 16.5. The van der Waals surface area contributed by atoms with E-state index >= 15 is 0 Å². The molecule has 2 amide bonds. The van der Waals surface area contributed by atoms with Gasteiger partial charge in [-0.3, -0.25) is 9.59 Å². The van der Waals surface area contributed by atoms with Gasteiger partial charge >= 0.3 is 0 Å². The maximum atomic E-state index is 13.1. The average molecular weight is 452 g/mol. The van der Waals surface area contributed by atoms with Crippen molar-refractivity contribution in [1.29, 1.82) is 0 Å². The van der Waals surface area contributed by atoms with Crippen molar-refractivity contribution in [2.24, 2.45) is 5.92 Å². The summed E-state index contributed by atoms with van der Waals surface area (Å²) in [5, 5.41) is 4.15. The number of piperidine rings is 1. The Morgan fingerprint density at radius 3 is 2.67 bits per heavy atom. The van der Waals surface area contributed by atoms with Crippen molar-refractivity contribution in [2.45, 2.75) is 51.4 Å². The van der Waals surface area contributed by atoms with Crippen LogP contribution in [0.1, 0.15) is 60.3 Å². The van der Waals surface area contributed by atoms with Crippen LogP contribution < -0.4 is 4.90 Å². The van der Waals surface area contributed by atoms with Gasteiger partial charge in [0.25, 0.3) is 5.91 Å². The van der Waals surface area contributed by atoms with Gasteiger partial charge in [0.1, 0.15) is 5.82 Å². The van der Waals surface area contributed by atoms with Gasteiger partial charge in [-0.15, -0.1) is 0 Å². The molecule has 0 unspecified atom stereocenters. The predicted molar refractivity (Wildman–Crippen MR) is 124 cm³/mol. The van der Waals surface area contributed by atoms with Crippen molar-refractivity contribution < 1.29 is 14.1 Å². The third kappa shape index (κ3) is 4.89. The van der Waals surface area contributed by atoms with Gasteiger partial charge in [0.15, 0.2) is 0 Å². The Kier molecular flexibility index (Phi) is 6.60. The quantitative estimate of drug-likeness (QED) is 0.695. The number of hydrogen-bond donors (Lipinski definition) is 0. The number of nitrogens with zero attached hydrogens (tertiary/aromatic N) is 5. The molecule has 0 saturated carbocycles. The lowest BCUT2D eigenvalue weighted by molar-refractivity contribution is -0.131. The SMILES string of the molecule is O=C(CC[C@H]1CCCN(C(=O)c2onc3c2CCCC3)C1)N1CCN(c2ccccn2)CC1. The molecule has 8 nitrogen and oxygen atoms in total. The highest BCUT2D eigenvalue weighted by Crippen LogP contribution is 2.28. The highest BCUT2D eigenvalue weighted by molar-refractivity contribution is 5.93. The fourth-order valence-electron chi connectivity index (χ4n) is 5.40. The van der Waals surface area contributed by atoms with Gasteiger partial charge in [-0.25, -0.2) is 4.98 Å². The number of aromatic nitrogens is 2. The van der Waals surface area contributed by atoms with Gasteiger partial charge in [0, 0.05) is 57.4 Å². The van der Waals surface area contributed by atoms with Gasteiger partial charge < -0.3 is 19.2 Å². The summed E-state index contributed by atoms with van der Waals surface area (Å²) >= 11 is 0. The molecule has 3 aliphatic rings. The second-order valence-corrected chi connectivity index (χ2v) is 9.50. The molecular formula is C25H33N5O3. The van der Waals surface area contributed by atoms with E-state index < -0.39 is 0 Å². The maximum absolute atomic E-state index is 13.1. The molecule has 2 aromatic heterocycles. The number of anilines is 1. The molecule has 2 aromatic rings. The Balaban J connectivity index is 1.10. The van der Waals surface area contributed by atoms with Crippen molar-refractivity contribution >= 4 is 17.6 Å². The summed E-state index contributed by atoms with van der Waals surface area (Å²) in [5.41, 5.74) is 1.99. The Hall–Kier alpha value is -2.90. The van der Waals surface area contributed by atoms with E-state index in [-0.39, 0.29) is 11.8 Å². The zero-order chi connectivity index (χ0) is 22.6. The van der Waals surface area contributed by atoms with Gasteiger partial charge in [0.05, 0.1) is 5.69 Å². The lowest BCUT2D eigenvalue weighted by atomic mass is 9.92. The molecule has 2 aliphatic heterocycles. The first-order chi connectivity index (χ1) is 16.2. The minimum atomic E-state index is -0.0210. The topological polar surface area (TPSA) is 82.8 Å². The monoisotopic (exact) mass is 451 g/mol. The molecule has 0 radical (unpaired) electrons. The maximum Gasteiger partial charge on any atom is 0.292 e. The Morgan fingerprint density at radius 2 is 1.85 bits per heavy atom. The number of rotatable bonds is 5. The predicted octanol–water partition coefficient (Wildman–Crippen LogP) is 2.93. The van der Waals surface area contributed by atoms with Crippen LogP contribution in [-0.4, -0.2) is 71.0 Å². The van der Waals surface area contributed by atoms with E-state index in [4.69, 9.17) is 4.52 Å². The van der Waals surface area contributed by atoms with Crippen molar-refractivity contribution in [3.05, 3.63) is 41.4 Å². The lowest BCUT2D eigenvalue weighted by Gasteiger charge is -2.36. The molecule has 8 heteroatoms. The highest BCUT2D eigenvalue weighted by Gasteiger charge is 2.31. The smallest absolute Gasteiger partial charge is 0.292 e. The van der Waals surface area contributed by atoms with E-state index in [1.807, 2.05) is 34.2 Å². The van der Waals surface area contributed by atoms with Crippen LogP contribution >= 0.6 is 0 Å². The number of fused-ring (bicyclic) bond motifs is 1. The first-order valence-corrected chi connectivity index (χ1v) is 12.4. The minimum Gasteiger partial charge on any atom is -0.353 e. The summed E-state index contributed by atoms with van der Waals surface area (Å²) in [5.74, 6) is 1.99. The molecule has 33 heavy (non-hydrogen) atoms. The van der Waals surface area contributed by atoms with Crippen molar-refractivity contribution in [2.75, 3.05) is 44.2 Å². The third-order valence-corrected chi connectivity index (χ3v) is 7.33. The molecule has 0 spiro atoms. The second kappa shape index (κ2) is 9.93. The summed E-state index contributed by atoms with van der Waals surface area (Å²) in [7, 11) is 0. The van der Waals surface area contributed by atoms with Crippen LogP contribution in [0.25, 0.3) is 0 Å². The number of carbonyl (C=O) groups excluding carboxylic acids is 2. The number of hydrogen-bond acceptors (Lipinski definition) is 6. The zero-order valence-corrected chi connectivity index (χ0v) is 19.2. The summed E-state index contributed by atoms with van der Waals surface area (Å²) in [6.07, 6.45) is 9.24. The molecule has 2 fully saturated rings. The second-order valence-electron chi connectivity index (χ2n) is 9.50. The summed E-state index contributed by atoms with van der Waals surface area (Å²) in [6.45, 7) is 4.57. The van der Waals surface area contributed by atoms with Gasteiger partial charge in [0.2, 0.25) is 11.7 Å². The van der Waals surface area contributed by atoms with Gasteiger partial charge in [-0.05, 0) is 63.0 Å². The summed E-state index contributed by atoms with van der Waals surface area (Å²) in [4.78, 5) is 36.5. The summed E-state index contributed by atoms with van der Waals surface area (Å²) < 4.78 is 5.48. The van der Waals surface area contributed by atoms with Crippen LogP contribution in [0.5, 0.6) is 0 Å². The number of likely N-dealkylation sites (tertiary alicyclic amines) is 1. The van der Waals surface area contributed by atoms with E-state index in [0.717, 1.165) is 94.7 Å². The van der Waals surface area contributed by atoms with E-state index in [1.165, 1.54) is 0 Å².